The summed E-state index contributed by atoms with van der Waals surface area (Å²) in [7, 11) is 1.93. The van der Waals surface area contributed by atoms with Gasteiger partial charge in [-0.3, -0.25) is 14.6 Å². The molecule has 0 bridgehead atoms. The van der Waals surface area contributed by atoms with E-state index in [9.17, 15) is 4.79 Å². The number of nitrogens with zero attached hydrogens (tertiary/aromatic N) is 2. The second-order valence-corrected chi connectivity index (χ2v) is 9.14. The first-order valence-electron chi connectivity index (χ1n) is 9.93. The first-order valence-corrected chi connectivity index (χ1v) is 10.7. The summed E-state index contributed by atoms with van der Waals surface area (Å²) >= 11 is 12.3. The van der Waals surface area contributed by atoms with E-state index in [1.54, 1.807) is 6.07 Å². The van der Waals surface area contributed by atoms with E-state index < -0.39 is 0 Å². The monoisotopic (exact) mass is 474 g/mol. The fourth-order valence-corrected chi connectivity index (χ4v) is 4.70. The van der Waals surface area contributed by atoms with Gasteiger partial charge in [0.25, 0.3) is 0 Å². The number of benzene rings is 3. The van der Waals surface area contributed by atoms with E-state index in [1.807, 2.05) is 65.4 Å². The summed E-state index contributed by atoms with van der Waals surface area (Å²) < 4.78 is 0. The molecule has 0 saturated carbocycles. The van der Waals surface area contributed by atoms with Crippen molar-refractivity contribution in [3.8, 4) is 0 Å². The van der Waals surface area contributed by atoms with Gasteiger partial charge in [-0.05, 0) is 48.0 Å². The molecular formula is C25H25Cl3N2O. The third-order valence-electron chi connectivity index (χ3n) is 5.75. The largest absolute Gasteiger partial charge is 0.293 e. The van der Waals surface area contributed by atoms with Crippen molar-refractivity contribution in [3.05, 3.63) is 93.5 Å². The van der Waals surface area contributed by atoms with Crippen molar-refractivity contribution >= 4 is 52.9 Å². The fourth-order valence-electron chi connectivity index (χ4n) is 4.24. The van der Waals surface area contributed by atoms with E-state index in [0.29, 0.717) is 16.6 Å². The van der Waals surface area contributed by atoms with Gasteiger partial charge < -0.3 is 0 Å². The summed E-state index contributed by atoms with van der Waals surface area (Å²) in [5.41, 5.74) is 4.97. The predicted octanol–water partition coefficient (Wildman–Crippen LogP) is 6.85. The second kappa shape index (κ2) is 9.22. The Bertz CT molecular complexity index is 1060. The fraction of sp³-hybridized carbons (Fsp3) is 0.240. The minimum Gasteiger partial charge on any atom is -0.293 e. The molecule has 0 aliphatic carbocycles. The summed E-state index contributed by atoms with van der Waals surface area (Å²) in [6, 6.07) is 21.8. The van der Waals surface area contributed by atoms with Gasteiger partial charge in [-0.25, -0.2) is 0 Å². The number of para-hydroxylation sites is 2. The topological polar surface area (TPSA) is 23.6 Å². The van der Waals surface area contributed by atoms with Crippen molar-refractivity contribution in [2.45, 2.75) is 25.8 Å². The molecule has 6 heteroatoms. The van der Waals surface area contributed by atoms with Crippen LogP contribution in [0, 0.1) is 0 Å². The van der Waals surface area contributed by atoms with Crippen molar-refractivity contribution in [2.75, 3.05) is 18.5 Å². The van der Waals surface area contributed by atoms with E-state index in [4.69, 9.17) is 23.2 Å². The number of rotatable bonds is 4. The van der Waals surface area contributed by atoms with Gasteiger partial charge in [0.15, 0.2) is 0 Å². The standard InChI is InChI=1S/C25H24Cl2N2O.ClH/c1-25(2)19-8-4-6-10-22(19)29(23-11-7-5-9-20(23)25)24(30)16-28(3)15-17-12-13-18(26)14-21(17)27;/h4-14H,15-16H2,1-3H3;1H. The van der Waals surface area contributed by atoms with Crippen molar-refractivity contribution in [1.29, 1.82) is 0 Å². The Morgan fingerprint density at radius 1 is 0.935 bits per heavy atom. The van der Waals surface area contributed by atoms with Gasteiger partial charge in [-0.15, -0.1) is 12.4 Å². The van der Waals surface area contributed by atoms with Crippen LogP contribution in [0.1, 0.15) is 30.5 Å². The van der Waals surface area contributed by atoms with Crippen LogP contribution in [0.2, 0.25) is 10.0 Å². The number of anilines is 2. The Balaban J connectivity index is 0.00000272. The summed E-state index contributed by atoms with van der Waals surface area (Å²) in [6.07, 6.45) is 0. The molecule has 1 heterocycles. The molecule has 4 rings (SSSR count). The molecule has 31 heavy (non-hydrogen) atoms. The Hall–Kier alpha value is -2.04. The zero-order valence-corrected chi connectivity index (χ0v) is 20.1. The van der Waals surface area contributed by atoms with Crippen molar-refractivity contribution < 1.29 is 4.79 Å². The van der Waals surface area contributed by atoms with Gasteiger partial charge in [0.1, 0.15) is 0 Å². The Labute approximate surface area is 200 Å². The zero-order chi connectivity index (χ0) is 21.5. The van der Waals surface area contributed by atoms with Crippen LogP contribution in [-0.2, 0) is 16.8 Å². The van der Waals surface area contributed by atoms with Crippen LogP contribution in [0.5, 0.6) is 0 Å². The molecular weight excluding hydrogens is 451 g/mol. The van der Waals surface area contributed by atoms with Crippen molar-refractivity contribution in [1.82, 2.24) is 4.90 Å². The smallest absolute Gasteiger partial charge is 0.245 e. The number of halogens is 3. The molecule has 0 fully saturated rings. The predicted molar refractivity (Wildman–Crippen MR) is 132 cm³/mol. The number of carbonyl (C=O) groups excluding carboxylic acids is 1. The average Bonchev–Trinajstić information content (AvgIpc) is 2.70. The lowest BCUT2D eigenvalue weighted by Gasteiger charge is -2.41. The van der Waals surface area contributed by atoms with Gasteiger partial charge in [0, 0.05) is 22.0 Å². The van der Waals surface area contributed by atoms with Gasteiger partial charge in [0.2, 0.25) is 5.91 Å². The molecule has 0 saturated heterocycles. The average molecular weight is 476 g/mol. The molecule has 3 aromatic carbocycles. The maximum Gasteiger partial charge on any atom is 0.245 e. The normalized spacial score (nSPS) is 13.9. The highest BCUT2D eigenvalue weighted by atomic mass is 35.5. The van der Waals surface area contributed by atoms with Crippen LogP contribution < -0.4 is 4.90 Å². The lowest BCUT2D eigenvalue weighted by atomic mass is 9.73. The second-order valence-electron chi connectivity index (χ2n) is 8.30. The number of amides is 1. The summed E-state index contributed by atoms with van der Waals surface area (Å²) in [6.45, 7) is 5.24. The molecule has 0 unspecified atom stereocenters. The lowest BCUT2D eigenvalue weighted by Crippen LogP contribution is -2.41. The van der Waals surface area contributed by atoms with Gasteiger partial charge in [-0.2, -0.15) is 0 Å². The summed E-state index contributed by atoms with van der Waals surface area (Å²) in [5, 5.41) is 1.21. The van der Waals surface area contributed by atoms with Crippen LogP contribution in [-0.4, -0.2) is 24.4 Å². The Morgan fingerprint density at radius 2 is 1.48 bits per heavy atom. The highest BCUT2D eigenvalue weighted by Crippen LogP contribution is 2.48. The third kappa shape index (κ3) is 4.47. The Kier molecular flexibility index (Phi) is 7.02. The first-order chi connectivity index (χ1) is 14.3. The van der Waals surface area contributed by atoms with E-state index in [0.717, 1.165) is 28.1 Å². The van der Waals surface area contributed by atoms with E-state index in [1.165, 1.54) is 0 Å². The number of carbonyl (C=O) groups is 1. The molecule has 0 spiro atoms. The molecule has 1 aliphatic rings. The zero-order valence-electron chi connectivity index (χ0n) is 17.7. The number of hydrogen-bond acceptors (Lipinski definition) is 2. The molecule has 162 valence electrons. The Morgan fingerprint density at radius 3 is 2.03 bits per heavy atom. The molecule has 1 aliphatic heterocycles. The van der Waals surface area contributed by atoms with Crippen LogP contribution in [0.25, 0.3) is 0 Å². The third-order valence-corrected chi connectivity index (χ3v) is 6.33. The molecule has 0 N–H and O–H groups in total. The molecule has 0 atom stereocenters. The van der Waals surface area contributed by atoms with Crippen LogP contribution in [0.15, 0.2) is 66.7 Å². The van der Waals surface area contributed by atoms with Gasteiger partial charge in [0.05, 0.1) is 17.9 Å². The van der Waals surface area contributed by atoms with E-state index in [-0.39, 0.29) is 30.3 Å². The minimum absolute atomic E-state index is 0. The van der Waals surface area contributed by atoms with Crippen LogP contribution >= 0.6 is 35.6 Å². The molecule has 0 aromatic heterocycles. The van der Waals surface area contributed by atoms with Crippen molar-refractivity contribution in [3.63, 3.8) is 0 Å². The van der Waals surface area contributed by atoms with Crippen LogP contribution in [0.4, 0.5) is 11.4 Å². The quantitative estimate of drug-likeness (QED) is 0.412. The lowest BCUT2D eigenvalue weighted by molar-refractivity contribution is -0.118. The SMILES string of the molecule is CN(CC(=O)N1c2ccccc2C(C)(C)c2ccccc21)Cc1ccc(Cl)cc1Cl.Cl. The van der Waals surface area contributed by atoms with E-state index in [2.05, 4.69) is 26.0 Å². The first kappa shape index (κ1) is 23.6. The molecule has 3 nitrogen and oxygen atoms in total. The minimum atomic E-state index is -0.174. The number of hydrogen-bond donors (Lipinski definition) is 0. The van der Waals surface area contributed by atoms with Crippen molar-refractivity contribution in [2.24, 2.45) is 0 Å². The maximum atomic E-state index is 13.5. The maximum absolute atomic E-state index is 13.5. The molecule has 1 amide bonds. The summed E-state index contributed by atoms with van der Waals surface area (Å²) in [4.78, 5) is 17.3. The van der Waals surface area contributed by atoms with Gasteiger partial charge in [-0.1, -0.05) is 79.5 Å². The summed E-state index contributed by atoms with van der Waals surface area (Å²) in [5.74, 6) is 0.0259. The number of fused-ring (bicyclic) bond motifs is 2. The number of likely N-dealkylation sites (N-methyl/N-ethyl adjacent to an activating group) is 1. The highest BCUT2D eigenvalue weighted by Gasteiger charge is 2.38. The highest BCUT2D eigenvalue weighted by molar-refractivity contribution is 6.35. The van der Waals surface area contributed by atoms with Crippen LogP contribution in [0.3, 0.4) is 0 Å². The molecule has 0 radical (unpaired) electrons. The van der Waals surface area contributed by atoms with Gasteiger partial charge >= 0.3 is 0 Å². The van der Waals surface area contributed by atoms with E-state index >= 15 is 0 Å². The molecule has 3 aromatic rings.